The number of nitrogens with zero attached hydrogens (tertiary/aromatic N) is 5. The molecule has 2 heterocycles. The first kappa shape index (κ1) is 20.9. The van der Waals surface area contributed by atoms with Crippen molar-refractivity contribution in [3.63, 3.8) is 0 Å². The molecule has 0 radical (unpaired) electrons. The third-order valence-electron chi connectivity index (χ3n) is 5.40. The van der Waals surface area contributed by atoms with Crippen molar-refractivity contribution < 1.29 is 9.59 Å². The zero-order valence-electron chi connectivity index (χ0n) is 17.9. The summed E-state index contributed by atoms with van der Waals surface area (Å²) in [6, 6.07) is 14.1. The van der Waals surface area contributed by atoms with E-state index in [1.54, 1.807) is 33.8 Å². The van der Waals surface area contributed by atoms with E-state index in [9.17, 15) is 9.59 Å². The summed E-state index contributed by atoms with van der Waals surface area (Å²) in [5.41, 5.74) is 10.1. The van der Waals surface area contributed by atoms with Crippen molar-refractivity contribution in [3.8, 4) is 11.3 Å². The molecule has 4 rings (SSSR count). The normalized spacial score (nSPS) is 12.6. The van der Waals surface area contributed by atoms with Gasteiger partial charge < -0.3 is 20.9 Å². The van der Waals surface area contributed by atoms with E-state index in [-0.39, 0.29) is 12.6 Å². The number of hydrogen-bond acceptors (Lipinski definition) is 4. The maximum atomic E-state index is 12.8. The number of rotatable bonds is 4. The summed E-state index contributed by atoms with van der Waals surface area (Å²) in [6.07, 6.45) is 0. The fraction of sp³-hybridized carbons (Fsp3) is 0.217. The molecule has 0 bridgehead atoms. The molecule has 3 N–H and O–H groups in total. The fourth-order valence-electron chi connectivity index (χ4n) is 3.71. The van der Waals surface area contributed by atoms with E-state index < -0.39 is 5.91 Å². The highest BCUT2D eigenvalue weighted by molar-refractivity contribution is 6.00. The van der Waals surface area contributed by atoms with Gasteiger partial charge in [-0.15, -0.1) is 0 Å². The minimum atomic E-state index is -0.575. The number of benzene rings is 2. The number of primary amides is 1. The van der Waals surface area contributed by atoms with Crippen LogP contribution in [0.3, 0.4) is 0 Å². The Kier molecular flexibility index (Phi) is 5.52. The molecule has 2 aromatic carbocycles. The number of aromatic nitrogens is 2. The Hall–Kier alpha value is -4.32. The zero-order valence-corrected chi connectivity index (χ0v) is 17.9. The standard InChI is InChI=1S/C23H23N7O2/c1-25-16-7-9-17(10-8-16)26-23(32)29-11-12-30-19(14-29)20(22(24)31)21(27-30)15-5-4-6-18(13-15)28(2)3/h4-10,13H,11-12,14H2,2-3H3,(H2,24,31)(H,26,32). The topological polar surface area (TPSA) is 101 Å². The molecular formula is C23H23N7O2. The van der Waals surface area contributed by atoms with Gasteiger partial charge in [-0.25, -0.2) is 9.64 Å². The minimum Gasteiger partial charge on any atom is -0.378 e. The lowest BCUT2D eigenvalue weighted by Gasteiger charge is -2.28. The van der Waals surface area contributed by atoms with Gasteiger partial charge in [-0.2, -0.15) is 5.10 Å². The van der Waals surface area contributed by atoms with Gasteiger partial charge in [0.1, 0.15) is 5.69 Å². The fourth-order valence-corrected chi connectivity index (χ4v) is 3.71. The monoisotopic (exact) mass is 429 g/mol. The highest BCUT2D eigenvalue weighted by atomic mass is 16.2. The molecule has 0 spiro atoms. The molecule has 1 aliphatic heterocycles. The Bertz CT molecular complexity index is 1220. The lowest BCUT2D eigenvalue weighted by molar-refractivity contribution is 0.0997. The molecular weight excluding hydrogens is 406 g/mol. The Balaban J connectivity index is 1.61. The Morgan fingerprint density at radius 1 is 1.16 bits per heavy atom. The molecule has 0 saturated heterocycles. The van der Waals surface area contributed by atoms with Gasteiger partial charge in [0.25, 0.3) is 5.91 Å². The average molecular weight is 429 g/mol. The number of amides is 3. The lowest BCUT2D eigenvalue weighted by atomic mass is 10.0. The molecule has 32 heavy (non-hydrogen) atoms. The number of nitrogens with two attached hydrogens (primary N) is 1. The maximum absolute atomic E-state index is 12.8. The predicted molar refractivity (Wildman–Crippen MR) is 123 cm³/mol. The second kappa shape index (κ2) is 8.43. The summed E-state index contributed by atoms with van der Waals surface area (Å²) in [5, 5.41) is 7.48. The molecule has 1 aliphatic rings. The number of carbonyl (C=O) groups is 2. The molecule has 1 aromatic heterocycles. The molecule has 0 aliphatic carbocycles. The van der Waals surface area contributed by atoms with Crippen LogP contribution in [-0.4, -0.2) is 47.3 Å². The molecule has 9 heteroatoms. The molecule has 0 atom stereocenters. The van der Waals surface area contributed by atoms with Gasteiger partial charge in [0, 0.05) is 37.6 Å². The van der Waals surface area contributed by atoms with Gasteiger partial charge in [0.05, 0.1) is 30.9 Å². The number of anilines is 2. The summed E-state index contributed by atoms with van der Waals surface area (Å²) >= 11 is 0. The van der Waals surface area contributed by atoms with Gasteiger partial charge in [-0.05, 0) is 24.3 Å². The highest BCUT2D eigenvalue weighted by Crippen LogP contribution is 2.30. The summed E-state index contributed by atoms with van der Waals surface area (Å²) in [7, 11) is 3.88. The van der Waals surface area contributed by atoms with Crippen molar-refractivity contribution in [2.45, 2.75) is 13.1 Å². The smallest absolute Gasteiger partial charge is 0.322 e. The van der Waals surface area contributed by atoms with E-state index in [4.69, 9.17) is 12.3 Å². The first-order valence-electron chi connectivity index (χ1n) is 10.1. The molecule has 0 fully saturated rings. The lowest BCUT2D eigenvalue weighted by Crippen LogP contribution is -2.41. The SMILES string of the molecule is [C-]#[N+]c1ccc(NC(=O)N2CCn3nc(-c4cccc(N(C)C)c4)c(C(N)=O)c3C2)cc1. The number of carbonyl (C=O) groups excluding carboxylic acids is 2. The van der Waals surface area contributed by atoms with Crippen LogP contribution < -0.4 is 16.0 Å². The van der Waals surface area contributed by atoms with Crippen LogP contribution in [0.1, 0.15) is 16.1 Å². The average Bonchev–Trinajstić information content (AvgIpc) is 3.18. The van der Waals surface area contributed by atoms with Crippen LogP contribution in [0.5, 0.6) is 0 Å². The van der Waals surface area contributed by atoms with Crippen LogP contribution in [-0.2, 0) is 13.1 Å². The first-order valence-corrected chi connectivity index (χ1v) is 10.1. The van der Waals surface area contributed by atoms with Gasteiger partial charge in [0.15, 0.2) is 5.69 Å². The van der Waals surface area contributed by atoms with E-state index in [1.807, 2.05) is 43.3 Å². The van der Waals surface area contributed by atoms with Gasteiger partial charge in [0.2, 0.25) is 0 Å². The second-order valence-electron chi connectivity index (χ2n) is 7.71. The minimum absolute atomic E-state index is 0.213. The zero-order chi connectivity index (χ0) is 22.8. The van der Waals surface area contributed by atoms with E-state index in [1.165, 1.54) is 0 Å². The van der Waals surface area contributed by atoms with Crippen LogP contribution in [0.4, 0.5) is 21.9 Å². The van der Waals surface area contributed by atoms with Crippen molar-refractivity contribution in [1.82, 2.24) is 14.7 Å². The van der Waals surface area contributed by atoms with Crippen LogP contribution >= 0.6 is 0 Å². The Morgan fingerprint density at radius 3 is 2.56 bits per heavy atom. The molecule has 0 unspecified atom stereocenters. The Morgan fingerprint density at radius 2 is 1.91 bits per heavy atom. The maximum Gasteiger partial charge on any atom is 0.322 e. The molecule has 3 amide bonds. The van der Waals surface area contributed by atoms with Crippen LogP contribution in [0.15, 0.2) is 48.5 Å². The van der Waals surface area contributed by atoms with Crippen molar-refractivity contribution in [2.75, 3.05) is 30.9 Å². The van der Waals surface area contributed by atoms with Gasteiger partial charge in [-0.1, -0.05) is 24.3 Å². The number of nitrogens with one attached hydrogen (secondary N) is 1. The van der Waals surface area contributed by atoms with Crippen LogP contribution in [0, 0.1) is 6.57 Å². The second-order valence-corrected chi connectivity index (χ2v) is 7.71. The van der Waals surface area contributed by atoms with Crippen molar-refractivity contribution in [1.29, 1.82) is 0 Å². The summed E-state index contributed by atoms with van der Waals surface area (Å²) in [4.78, 5) is 32.1. The van der Waals surface area contributed by atoms with E-state index >= 15 is 0 Å². The van der Waals surface area contributed by atoms with Crippen molar-refractivity contribution >= 4 is 29.0 Å². The van der Waals surface area contributed by atoms with Gasteiger partial charge >= 0.3 is 6.03 Å². The van der Waals surface area contributed by atoms with Crippen LogP contribution in [0.25, 0.3) is 16.1 Å². The Labute approximate surface area is 185 Å². The van der Waals surface area contributed by atoms with E-state index in [0.29, 0.717) is 41.4 Å². The molecule has 3 aromatic rings. The largest absolute Gasteiger partial charge is 0.378 e. The highest BCUT2D eigenvalue weighted by Gasteiger charge is 2.29. The number of hydrogen-bond donors (Lipinski definition) is 2. The molecule has 9 nitrogen and oxygen atoms in total. The molecule has 162 valence electrons. The van der Waals surface area contributed by atoms with Gasteiger partial charge in [-0.3, -0.25) is 9.48 Å². The molecule has 0 saturated carbocycles. The third-order valence-corrected chi connectivity index (χ3v) is 5.40. The first-order chi connectivity index (χ1) is 15.4. The van der Waals surface area contributed by atoms with Crippen molar-refractivity contribution in [2.24, 2.45) is 5.73 Å². The van der Waals surface area contributed by atoms with Crippen molar-refractivity contribution in [3.05, 3.63) is 71.2 Å². The summed E-state index contributed by atoms with van der Waals surface area (Å²) in [5.74, 6) is -0.575. The van der Waals surface area contributed by atoms with E-state index in [0.717, 1.165) is 11.3 Å². The van der Waals surface area contributed by atoms with E-state index in [2.05, 4.69) is 15.3 Å². The number of urea groups is 1. The summed E-state index contributed by atoms with van der Waals surface area (Å²) in [6.45, 7) is 8.12. The third kappa shape index (κ3) is 3.98. The predicted octanol–water partition coefficient (Wildman–Crippen LogP) is 3.31. The van der Waals surface area contributed by atoms with Crippen LogP contribution in [0.2, 0.25) is 0 Å². The summed E-state index contributed by atoms with van der Waals surface area (Å²) < 4.78 is 1.76. The number of fused-ring (bicyclic) bond motifs is 1. The quantitative estimate of drug-likeness (QED) is 0.621.